The third-order valence-corrected chi connectivity index (χ3v) is 3.11. The molecule has 86 valence electrons. The van der Waals surface area contributed by atoms with Gasteiger partial charge in [-0.2, -0.15) is 0 Å². The fourth-order valence-electron chi connectivity index (χ4n) is 1.04. The number of nitrogens with one attached hydrogen (secondary N) is 1. The van der Waals surface area contributed by atoms with Crippen molar-refractivity contribution < 1.29 is 4.79 Å². The molecular formula is C11H14N2OS2. The summed E-state index contributed by atoms with van der Waals surface area (Å²) in [5.74, 6) is 0.318. The van der Waals surface area contributed by atoms with Crippen molar-refractivity contribution in [2.45, 2.75) is 13.3 Å². The lowest BCUT2D eigenvalue weighted by molar-refractivity contribution is -0.117. The van der Waals surface area contributed by atoms with Gasteiger partial charge in [-0.15, -0.1) is 0 Å². The summed E-state index contributed by atoms with van der Waals surface area (Å²) in [7, 11) is 0. The quantitative estimate of drug-likeness (QED) is 0.810. The molecule has 0 saturated carbocycles. The Hall–Kier alpha value is -1.07. The van der Waals surface area contributed by atoms with Crippen LogP contribution in [0.2, 0.25) is 0 Å². The van der Waals surface area contributed by atoms with E-state index in [1.807, 2.05) is 31.2 Å². The van der Waals surface area contributed by atoms with Gasteiger partial charge in [-0.1, -0.05) is 41.7 Å². The monoisotopic (exact) mass is 254 g/mol. The summed E-state index contributed by atoms with van der Waals surface area (Å²) in [5.41, 5.74) is 7.20. The van der Waals surface area contributed by atoms with E-state index in [1.165, 1.54) is 17.3 Å². The number of hydrogen-bond acceptors (Lipinski definition) is 3. The van der Waals surface area contributed by atoms with Crippen molar-refractivity contribution >= 4 is 39.9 Å². The minimum Gasteiger partial charge on any atom is -0.370 e. The van der Waals surface area contributed by atoms with Crippen LogP contribution >= 0.6 is 24.0 Å². The van der Waals surface area contributed by atoms with Gasteiger partial charge in [0.2, 0.25) is 5.91 Å². The average Bonchev–Trinajstić information content (AvgIpc) is 2.21. The Labute approximate surface area is 105 Å². The molecule has 0 aliphatic heterocycles. The molecule has 0 aliphatic rings. The number of thiocarbonyl (C=S) groups is 1. The highest BCUT2D eigenvalue weighted by Crippen LogP contribution is 2.13. The Morgan fingerprint density at radius 3 is 2.62 bits per heavy atom. The van der Waals surface area contributed by atoms with Crippen molar-refractivity contribution in [3.63, 3.8) is 0 Å². The van der Waals surface area contributed by atoms with Crippen molar-refractivity contribution in [3.05, 3.63) is 29.8 Å². The van der Waals surface area contributed by atoms with Crippen molar-refractivity contribution in [1.29, 1.82) is 0 Å². The maximum Gasteiger partial charge on any atom is 0.218 e. The summed E-state index contributed by atoms with van der Waals surface area (Å²) in [6.07, 6.45) is 0.348. The first kappa shape index (κ1) is 13.0. The van der Waals surface area contributed by atoms with Crippen molar-refractivity contribution in [2.75, 3.05) is 11.1 Å². The second kappa shape index (κ2) is 6.50. The van der Waals surface area contributed by atoms with E-state index in [4.69, 9.17) is 18.0 Å². The van der Waals surface area contributed by atoms with Crippen LogP contribution < -0.4 is 11.1 Å². The number of anilines is 1. The normalized spacial score (nSPS) is 9.81. The Balaban J connectivity index is 2.34. The second-order valence-corrected chi connectivity index (χ2v) is 5.12. The number of aryl methyl sites for hydroxylation is 1. The predicted molar refractivity (Wildman–Crippen MR) is 73.7 cm³/mol. The van der Waals surface area contributed by atoms with E-state index in [-0.39, 0.29) is 5.91 Å². The highest BCUT2D eigenvalue weighted by Gasteiger charge is 2.00. The maximum absolute atomic E-state index is 10.5. The van der Waals surface area contributed by atoms with Crippen LogP contribution in [0.15, 0.2) is 24.3 Å². The largest absolute Gasteiger partial charge is 0.370 e. The summed E-state index contributed by atoms with van der Waals surface area (Å²) < 4.78 is 0.658. The van der Waals surface area contributed by atoms with E-state index in [1.54, 1.807) is 0 Å². The van der Waals surface area contributed by atoms with E-state index in [0.29, 0.717) is 16.5 Å². The number of hydrogen-bond donors (Lipinski definition) is 2. The Kier molecular flexibility index (Phi) is 5.28. The lowest BCUT2D eigenvalue weighted by Crippen LogP contribution is -2.13. The van der Waals surface area contributed by atoms with Gasteiger partial charge in [-0.3, -0.25) is 4.79 Å². The Morgan fingerprint density at radius 1 is 1.44 bits per heavy atom. The molecule has 0 radical (unpaired) electrons. The minimum absolute atomic E-state index is 0.300. The molecule has 16 heavy (non-hydrogen) atoms. The molecule has 0 atom stereocenters. The maximum atomic E-state index is 10.5. The van der Waals surface area contributed by atoms with Crippen LogP contribution in [0.3, 0.4) is 0 Å². The number of carbonyl (C=O) groups excluding carboxylic acids is 1. The number of benzene rings is 1. The number of carbonyl (C=O) groups is 1. The first-order chi connectivity index (χ1) is 7.58. The SMILES string of the molecule is Cc1ccc(NC(=S)SCCC(N)=O)cc1. The molecule has 0 spiro atoms. The molecule has 3 nitrogen and oxygen atoms in total. The number of nitrogens with two attached hydrogens (primary N) is 1. The molecule has 1 amide bonds. The minimum atomic E-state index is -0.300. The second-order valence-electron chi connectivity index (χ2n) is 3.34. The molecule has 0 heterocycles. The van der Waals surface area contributed by atoms with Gasteiger partial charge < -0.3 is 11.1 Å². The summed E-state index contributed by atoms with van der Waals surface area (Å²) in [4.78, 5) is 10.5. The van der Waals surface area contributed by atoms with Crippen molar-refractivity contribution in [1.82, 2.24) is 0 Å². The molecule has 0 fully saturated rings. The summed E-state index contributed by atoms with van der Waals surface area (Å²) >= 11 is 6.54. The molecule has 0 saturated heterocycles. The van der Waals surface area contributed by atoms with Crippen LogP contribution in [0, 0.1) is 6.92 Å². The highest BCUT2D eigenvalue weighted by atomic mass is 32.2. The lowest BCUT2D eigenvalue weighted by Gasteiger charge is -2.06. The van der Waals surface area contributed by atoms with Crippen LogP contribution in [0.25, 0.3) is 0 Å². The molecule has 0 unspecified atom stereocenters. The van der Waals surface area contributed by atoms with Crippen molar-refractivity contribution in [2.24, 2.45) is 5.73 Å². The molecule has 0 aromatic heterocycles. The number of rotatable bonds is 4. The lowest BCUT2D eigenvalue weighted by atomic mass is 10.2. The molecular weight excluding hydrogens is 240 g/mol. The summed E-state index contributed by atoms with van der Waals surface area (Å²) in [5, 5.41) is 3.09. The van der Waals surface area contributed by atoms with E-state index in [2.05, 4.69) is 5.32 Å². The average molecular weight is 254 g/mol. The van der Waals surface area contributed by atoms with E-state index < -0.39 is 0 Å². The Bertz CT molecular complexity index is 376. The van der Waals surface area contributed by atoms with Gasteiger partial charge in [0.15, 0.2) is 0 Å². The van der Waals surface area contributed by atoms with Gasteiger partial charge >= 0.3 is 0 Å². The molecule has 5 heteroatoms. The summed E-state index contributed by atoms with van der Waals surface area (Å²) in [6.45, 7) is 2.03. The fraction of sp³-hybridized carbons (Fsp3) is 0.273. The standard InChI is InChI=1S/C11H14N2OS2/c1-8-2-4-9(5-3-8)13-11(15)16-7-6-10(12)14/h2-5H,6-7H2,1H3,(H2,12,14)(H,13,15). The number of primary amides is 1. The third-order valence-electron chi connectivity index (χ3n) is 1.88. The van der Waals surface area contributed by atoms with Crippen LogP contribution in [0.1, 0.15) is 12.0 Å². The van der Waals surface area contributed by atoms with Crippen LogP contribution in [-0.4, -0.2) is 16.0 Å². The zero-order chi connectivity index (χ0) is 12.0. The van der Waals surface area contributed by atoms with Crippen LogP contribution in [0.5, 0.6) is 0 Å². The fourth-order valence-corrected chi connectivity index (χ4v) is 2.08. The topological polar surface area (TPSA) is 55.1 Å². The van der Waals surface area contributed by atoms with E-state index in [0.717, 1.165) is 5.69 Å². The van der Waals surface area contributed by atoms with Gasteiger partial charge in [-0.05, 0) is 19.1 Å². The molecule has 1 aromatic carbocycles. The third kappa shape index (κ3) is 5.14. The van der Waals surface area contributed by atoms with Gasteiger partial charge in [-0.25, -0.2) is 0 Å². The van der Waals surface area contributed by atoms with Gasteiger partial charge in [0, 0.05) is 17.9 Å². The first-order valence-electron chi connectivity index (χ1n) is 4.86. The smallest absolute Gasteiger partial charge is 0.218 e. The van der Waals surface area contributed by atoms with Gasteiger partial charge in [0.05, 0.1) is 0 Å². The van der Waals surface area contributed by atoms with Crippen LogP contribution in [-0.2, 0) is 4.79 Å². The van der Waals surface area contributed by atoms with Crippen LogP contribution in [0.4, 0.5) is 5.69 Å². The molecule has 1 rings (SSSR count). The highest BCUT2D eigenvalue weighted by molar-refractivity contribution is 8.23. The zero-order valence-electron chi connectivity index (χ0n) is 9.03. The van der Waals surface area contributed by atoms with Gasteiger partial charge in [0.1, 0.15) is 4.32 Å². The van der Waals surface area contributed by atoms with E-state index in [9.17, 15) is 4.79 Å². The van der Waals surface area contributed by atoms with E-state index >= 15 is 0 Å². The first-order valence-corrected chi connectivity index (χ1v) is 6.26. The molecule has 1 aromatic rings. The predicted octanol–water partition coefficient (Wildman–Crippen LogP) is 2.30. The Morgan fingerprint density at radius 2 is 2.06 bits per heavy atom. The molecule has 3 N–H and O–H groups in total. The summed E-state index contributed by atoms with van der Waals surface area (Å²) in [6, 6.07) is 7.96. The zero-order valence-corrected chi connectivity index (χ0v) is 10.7. The number of thioether (sulfide) groups is 1. The van der Waals surface area contributed by atoms with Crippen molar-refractivity contribution in [3.8, 4) is 0 Å². The molecule has 0 aliphatic carbocycles. The van der Waals surface area contributed by atoms with Gasteiger partial charge in [0.25, 0.3) is 0 Å². The molecule has 0 bridgehead atoms. The number of amides is 1.